The first-order valence-corrected chi connectivity index (χ1v) is 6.71. The van der Waals surface area contributed by atoms with E-state index in [4.69, 9.17) is 11.1 Å². The van der Waals surface area contributed by atoms with Crippen molar-refractivity contribution in [2.45, 2.75) is 24.3 Å². The van der Waals surface area contributed by atoms with Crippen LogP contribution in [0, 0.1) is 5.41 Å². The van der Waals surface area contributed by atoms with Crippen LogP contribution in [0.5, 0.6) is 0 Å². The Balaban J connectivity index is 2.14. The molecule has 92 valence electrons. The van der Waals surface area contributed by atoms with Crippen LogP contribution in [0.3, 0.4) is 0 Å². The first kappa shape index (κ1) is 12.2. The molecular formula is C12H18N4S. The van der Waals surface area contributed by atoms with Gasteiger partial charge in [0.15, 0.2) is 0 Å². The predicted octanol–water partition coefficient (Wildman–Crippen LogP) is 1.70. The van der Waals surface area contributed by atoms with Crippen molar-refractivity contribution < 1.29 is 0 Å². The van der Waals surface area contributed by atoms with Gasteiger partial charge in [-0.1, -0.05) is 13.8 Å². The molecule has 3 N–H and O–H groups in total. The van der Waals surface area contributed by atoms with Gasteiger partial charge in [-0.2, -0.15) is 11.8 Å². The number of nitrogens with two attached hydrogens (primary N) is 1. The molecule has 0 bridgehead atoms. The minimum Gasteiger partial charge on any atom is -0.384 e. The fraction of sp³-hybridized carbons (Fsp3) is 0.500. The van der Waals surface area contributed by atoms with Crippen LogP contribution in [0.25, 0.3) is 0 Å². The number of amidine groups is 1. The summed E-state index contributed by atoms with van der Waals surface area (Å²) in [7, 11) is 0. The molecule has 2 heterocycles. The second kappa shape index (κ2) is 4.96. The van der Waals surface area contributed by atoms with Crippen molar-refractivity contribution in [2.75, 3.05) is 18.0 Å². The molecule has 1 saturated heterocycles. The van der Waals surface area contributed by atoms with Gasteiger partial charge in [0.05, 0.1) is 0 Å². The lowest BCUT2D eigenvalue weighted by atomic mass is 10.2. The number of thioether (sulfide) groups is 1. The van der Waals surface area contributed by atoms with Crippen LogP contribution in [-0.2, 0) is 0 Å². The Hall–Kier alpha value is -1.23. The van der Waals surface area contributed by atoms with Gasteiger partial charge in [-0.25, -0.2) is 4.98 Å². The van der Waals surface area contributed by atoms with E-state index >= 15 is 0 Å². The molecule has 0 saturated carbocycles. The quantitative estimate of drug-likeness (QED) is 0.619. The molecule has 1 fully saturated rings. The molecule has 17 heavy (non-hydrogen) atoms. The lowest BCUT2D eigenvalue weighted by Crippen LogP contribution is -2.40. The van der Waals surface area contributed by atoms with E-state index in [9.17, 15) is 0 Å². The van der Waals surface area contributed by atoms with E-state index in [2.05, 4.69) is 23.7 Å². The summed E-state index contributed by atoms with van der Waals surface area (Å²) in [6, 6.07) is 3.81. The summed E-state index contributed by atoms with van der Waals surface area (Å²) in [5, 5.41) is 8.60. The van der Waals surface area contributed by atoms with Crippen molar-refractivity contribution in [3.63, 3.8) is 0 Å². The highest BCUT2D eigenvalue weighted by molar-refractivity contribution is 8.00. The highest BCUT2D eigenvalue weighted by Crippen LogP contribution is 2.27. The zero-order valence-corrected chi connectivity index (χ0v) is 11.0. The standard InChI is InChI=1S/C12H18N4S/c1-8-6-16(7-9(2)17-8)11-4-3-10(5-15-11)12(13)14/h3-5,8-9H,6-7H2,1-2H3,(H3,13,14). The molecule has 4 nitrogen and oxygen atoms in total. The summed E-state index contributed by atoms with van der Waals surface area (Å²) >= 11 is 2.02. The molecule has 2 rings (SSSR count). The number of nitrogen functional groups attached to an aromatic ring is 1. The van der Waals surface area contributed by atoms with E-state index in [1.807, 2.05) is 23.9 Å². The fourth-order valence-electron chi connectivity index (χ4n) is 2.10. The van der Waals surface area contributed by atoms with E-state index in [1.165, 1.54) is 0 Å². The summed E-state index contributed by atoms with van der Waals surface area (Å²) in [6.07, 6.45) is 1.68. The van der Waals surface area contributed by atoms with Crippen LogP contribution in [0.2, 0.25) is 0 Å². The Kier molecular flexibility index (Phi) is 3.57. The van der Waals surface area contributed by atoms with Crippen LogP contribution >= 0.6 is 11.8 Å². The molecule has 0 aliphatic carbocycles. The van der Waals surface area contributed by atoms with Crippen LogP contribution in [-0.4, -0.2) is 34.4 Å². The minimum absolute atomic E-state index is 0.0694. The molecule has 2 unspecified atom stereocenters. The number of aromatic nitrogens is 1. The van der Waals surface area contributed by atoms with Gasteiger partial charge in [-0.05, 0) is 12.1 Å². The van der Waals surface area contributed by atoms with E-state index in [1.54, 1.807) is 6.20 Å². The van der Waals surface area contributed by atoms with Crippen LogP contribution in [0.4, 0.5) is 5.82 Å². The fourth-order valence-corrected chi connectivity index (χ4v) is 3.42. The van der Waals surface area contributed by atoms with Gasteiger partial charge in [0.25, 0.3) is 0 Å². The van der Waals surface area contributed by atoms with E-state index < -0.39 is 0 Å². The maximum Gasteiger partial charge on any atom is 0.128 e. The summed E-state index contributed by atoms with van der Waals surface area (Å²) < 4.78 is 0. The number of hydrogen-bond acceptors (Lipinski definition) is 4. The maximum absolute atomic E-state index is 7.34. The van der Waals surface area contributed by atoms with E-state index in [0.717, 1.165) is 18.9 Å². The maximum atomic E-state index is 7.34. The zero-order chi connectivity index (χ0) is 12.4. The second-order valence-electron chi connectivity index (χ2n) is 4.48. The number of anilines is 1. The van der Waals surface area contributed by atoms with Gasteiger partial charge in [0.2, 0.25) is 0 Å². The number of hydrogen-bond donors (Lipinski definition) is 2. The van der Waals surface area contributed by atoms with Crippen molar-refractivity contribution >= 4 is 23.4 Å². The molecular weight excluding hydrogens is 232 g/mol. The third kappa shape index (κ3) is 2.91. The molecule has 0 amide bonds. The molecule has 2 atom stereocenters. The van der Waals surface area contributed by atoms with Crippen molar-refractivity contribution in [3.05, 3.63) is 23.9 Å². The molecule has 1 aliphatic heterocycles. The average Bonchev–Trinajstić information content (AvgIpc) is 2.28. The smallest absolute Gasteiger partial charge is 0.128 e. The highest BCUT2D eigenvalue weighted by Gasteiger charge is 2.22. The minimum atomic E-state index is 0.0694. The van der Waals surface area contributed by atoms with E-state index in [-0.39, 0.29) is 5.84 Å². The Morgan fingerprint density at radius 3 is 2.53 bits per heavy atom. The highest BCUT2D eigenvalue weighted by atomic mass is 32.2. The van der Waals surface area contributed by atoms with Crippen molar-refractivity contribution in [1.29, 1.82) is 5.41 Å². The van der Waals surface area contributed by atoms with Gasteiger partial charge in [0, 0.05) is 35.3 Å². The normalized spacial score (nSPS) is 24.7. The third-order valence-electron chi connectivity index (χ3n) is 2.80. The molecule has 1 aromatic rings. The zero-order valence-electron chi connectivity index (χ0n) is 10.2. The topological polar surface area (TPSA) is 66.0 Å². The Morgan fingerprint density at radius 1 is 1.41 bits per heavy atom. The second-order valence-corrected chi connectivity index (χ2v) is 6.36. The number of rotatable bonds is 2. The van der Waals surface area contributed by atoms with Crippen LogP contribution < -0.4 is 10.6 Å². The first-order chi connectivity index (χ1) is 8.06. The van der Waals surface area contributed by atoms with Gasteiger partial charge >= 0.3 is 0 Å². The summed E-state index contributed by atoms with van der Waals surface area (Å²) in [4.78, 5) is 6.69. The van der Waals surface area contributed by atoms with Gasteiger partial charge in [0.1, 0.15) is 11.7 Å². The van der Waals surface area contributed by atoms with Gasteiger partial charge < -0.3 is 10.6 Å². The van der Waals surface area contributed by atoms with Crippen molar-refractivity contribution in [1.82, 2.24) is 4.98 Å². The Labute approximate surface area is 106 Å². The largest absolute Gasteiger partial charge is 0.384 e. The lowest BCUT2D eigenvalue weighted by Gasteiger charge is -2.35. The van der Waals surface area contributed by atoms with Crippen LogP contribution in [0.15, 0.2) is 18.3 Å². The average molecular weight is 250 g/mol. The summed E-state index contributed by atoms with van der Waals surface area (Å²) in [5.74, 6) is 1.05. The number of pyridine rings is 1. The molecule has 1 aromatic heterocycles. The predicted molar refractivity (Wildman–Crippen MR) is 74.0 cm³/mol. The number of nitrogens with zero attached hydrogens (tertiary/aromatic N) is 2. The molecule has 5 heteroatoms. The first-order valence-electron chi connectivity index (χ1n) is 5.77. The number of nitrogens with one attached hydrogen (secondary N) is 1. The third-order valence-corrected chi connectivity index (χ3v) is 4.03. The van der Waals surface area contributed by atoms with Crippen molar-refractivity contribution in [2.24, 2.45) is 5.73 Å². The van der Waals surface area contributed by atoms with Gasteiger partial charge in [-0.15, -0.1) is 0 Å². The SMILES string of the molecule is CC1CN(c2ccc(C(=N)N)cn2)CC(C)S1. The van der Waals surface area contributed by atoms with E-state index in [0.29, 0.717) is 16.1 Å². The Morgan fingerprint density at radius 2 is 2.06 bits per heavy atom. The summed E-state index contributed by atoms with van der Waals surface area (Å²) in [5.41, 5.74) is 6.09. The summed E-state index contributed by atoms with van der Waals surface area (Å²) in [6.45, 7) is 6.55. The monoisotopic (exact) mass is 250 g/mol. The molecule has 1 aliphatic rings. The van der Waals surface area contributed by atoms with Crippen molar-refractivity contribution in [3.8, 4) is 0 Å². The van der Waals surface area contributed by atoms with Gasteiger partial charge in [-0.3, -0.25) is 5.41 Å². The lowest BCUT2D eigenvalue weighted by molar-refractivity contribution is 0.718. The Bertz CT molecular complexity index is 393. The molecule has 0 spiro atoms. The molecule has 0 aromatic carbocycles. The van der Waals surface area contributed by atoms with Crippen LogP contribution in [0.1, 0.15) is 19.4 Å². The molecule has 0 radical (unpaired) electrons.